The Morgan fingerprint density at radius 1 is 1.38 bits per heavy atom. The first-order valence-electron chi connectivity index (χ1n) is 3.76. The van der Waals surface area contributed by atoms with Gasteiger partial charge in [-0.05, 0) is 12.8 Å². The maximum atomic E-state index is 11.0. The van der Waals surface area contributed by atoms with Crippen molar-refractivity contribution in [2.24, 2.45) is 5.84 Å². The molecule has 0 bridgehead atoms. The number of nitrogens with two attached hydrogens (primary N) is 1. The van der Waals surface area contributed by atoms with Crippen LogP contribution in [-0.2, 0) is 14.5 Å². The molecule has 0 unspecified atom stereocenters. The highest BCUT2D eigenvalue weighted by Gasteiger charge is 2.23. The zero-order valence-electron chi connectivity index (χ0n) is 6.89. The van der Waals surface area contributed by atoms with Crippen LogP contribution >= 0.6 is 0 Å². The first kappa shape index (κ1) is 10.2. The van der Waals surface area contributed by atoms with E-state index < -0.39 is 16.4 Å². The highest BCUT2D eigenvalue weighted by molar-refractivity contribution is 7.85. The third-order valence-electron chi connectivity index (χ3n) is 1.69. The fourth-order valence-corrected chi connectivity index (χ4v) is 1.41. The van der Waals surface area contributed by atoms with Crippen molar-refractivity contribution < 1.29 is 17.4 Å². The third kappa shape index (κ3) is 2.83. The number of likely N-dealkylation sites (tertiary alicyclic amines) is 1. The molecule has 0 atom stereocenters. The van der Waals surface area contributed by atoms with Crippen LogP contribution in [0.5, 0.6) is 0 Å². The number of rotatable bonds is 2. The number of carbonyl (C=O) groups is 1. The first-order chi connectivity index (χ1) is 6.05. The topological polar surface area (TPSA) is 102 Å². The second-order valence-electron chi connectivity index (χ2n) is 2.62. The maximum Gasteiger partial charge on any atom is 0.426 e. The summed E-state index contributed by atoms with van der Waals surface area (Å²) in [4.78, 5) is 13.8. The van der Waals surface area contributed by atoms with Crippen molar-refractivity contribution in [2.75, 3.05) is 13.1 Å². The van der Waals surface area contributed by atoms with Crippen LogP contribution in [0.15, 0.2) is 0 Å². The first-order valence-corrected chi connectivity index (χ1v) is 5.17. The molecular formula is C5H11N3O4S. The largest absolute Gasteiger partial charge is 0.426 e. The van der Waals surface area contributed by atoms with Crippen molar-refractivity contribution in [1.82, 2.24) is 9.73 Å². The lowest BCUT2D eigenvalue weighted by atomic mass is 10.4. The van der Waals surface area contributed by atoms with E-state index in [0.717, 1.165) is 12.8 Å². The molecule has 1 amide bonds. The van der Waals surface area contributed by atoms with Crippen LogP contribution in [0.1, 0.15) is 12.8 Å². The number of nitrogens with one attached hydrogen (secondary N) is 1. The van der Waals surface area contributed by atoms with Crippen LogP contribution in [-0.4, -0.2) is 32.5 Å². The van der Waals surface area contributed by atoms with Gasteiger partial charge in [0.05, 0.1) is 0 Å². The molecule has 1 heterocycles. The SMILES string of the molecule is NNS(=O)(=O)OC(=O)N1CCCC1. The molecule has 13 heavy (non-hydrogen) atoms. The van der Waals surface area contributed by atoms with Gasteiger partial charge in [-0.15, -0.1) is 4.83 Å². The summed E-state index contributed by atoms with van der Waals surface area (Å²) in [6.07, 6.45) is 0.853. The molecule has 1 rings (SSSR count). The summed E-state index contributed by atoms with van der Waals surface area (Å²) < 4.78 is 25.4. The number of hydrogen-bond acceptors (Lipinski definition) is 5. The van der Waals surface area contributed by atoms with Gasteiger partial charge in [0.15, 0.2) is 0 Å². The lowest BCUT2D eigenvalue weighted by Gasteiger charge is -2.13. The van der Waals surface area contributed by atoms with Gasteiger partial charge < -0.3 is 9.08 Å². The van der Waals surface area contributed by atoms with Crippen LogP contribution in [0.3, 0.4) is 0 Å². The zero-order chi connectivity index (χ0) is 9.90. The van der Waals surface area contributed by atoms with E-state index >= 15 is 0 Å². The molecule has 1 fully saturated rings. The van der Waals surface area contributed by atoms with E-state index in [4.69, 9.17) is 0 Å². The molecule has 0 aromatic heterocycles. The van der Waals surface area contributed by atoms with Gasteiger partial charge in [-0.25, -0.2) is 4.79 Å². The average Bonchev–Trinajstić information content (AvgIpc) is 2.55. The van der Waals surface area contributed by atoms with E-state index in [2.05, 4.69) is 10.0 Å². The summed E-state index contributed by atoms with van der Waals surface area (Å²) in [6.45, 7) is 1.05. The monoisotopic (exact) mass is 209 g/mol. The summed E-state index contributed by atoms with van der Waals surface area (Å²) >= 11 is 0. The van der Waals surface area contributed by atoms with Gasteiger partial charge in [0.25, 0.3) is 0 Å². The summed E-state index contributed by atoms with van der Waals surface area (Å²) in [5.41, 5.74) is 0. The molecular weight excluding hydrogens is 198 g/mol. The predicted octanol–water partition coefficient (Wildman–Crippen LogP) is -1.07. The molecule has 0 aromatic carbocycles. The van der Waals surface area contributed by atoms with Crippen molar-refractivity contribution >= 4 is 16.4 Å². The Bertz CT molecular complexity index is 282. The molecule has 7 nitrogen and oxygen atoms in total. The molecule has 8 heteroatoms. The van der Waals surface area contributed by atoms with Gasteiger partial charge in [0.1, 0.15) is 0 Å². The lowest BCUT2D eigenvalue weighted by molar-refractivity contribution is 0.164. The summed E-state index contributed by atoms with van der Waals surface area (Å²) in [5, 5.41) is 0. The molecule has 3 N–H and O–H groups in total. The molecule has 0 spiro atoms. The minimum Gasteiger partial charge on any atom is -0.315 e. The maximum absolute atomic E-state index is 11.0. The number of hydrogen-bond donors (Lipinski definition) is 2. The van der Waals surface area contributed by atoms with Gasteiger partial charge >= 0.3 is 16.4 Å². The van der Waals surface area contributed by atoms with E-state index in [9.17, 15) is 13.2 Å². The molecule has 0 saturated carbocycles. The van der Waals surface area contributed by atoms with E-state index in [1.807, 2.05) is 0 Å². The van der Waals surface area contributed by atoms with Crippen LogP contribution in [0.2, 0.25) is 0 Å². The Labute approximate surface area is 76.1 Å². The van der Waals surface area contributed by atoms with Gasteiger partial charge in [-0.1, -0.05) is 0 Å². The lowest BCUT2D eigenvalue weighted by Crippen LogP contribution is -2.38. The Hall–Kier alpha value is -0.860. The van der Waals surface area contributed by atoms with Gasteiger partial charge in [-0.2, -0.15) is 8.42 Å². The quantitative estimate of drug-likeness (QED) is 0.445. The second kappa shape index (κ2) is 3.90. The smallest absolute Gasteiger partial charge is 0.315 e. The van der Waals surface area contributed by atoms with Crippen molar-refractivity contribution in [3.63, 3.8) is 0 Å². The molecule has 1 saturated heterocycles. The van der Waals surface area contributed by atoms with Crippen molar-refractivity contribution in [1.29, 1.82) is 0 Å². The number of carbonyl (C=O) groups excluding carboxylic acids is 1. The summed E-state index contributed by atoms with van der Waals surface area (Å²) in [5.74, 6) is 4.62. The predicted molar refractivity (Wildman–Crippen MR) is 43.5 cm³/mol. The van der Waals surface area contributed by atoms with Gasteiger partial charge in [-0.3, -0.25) is 5.84 Å². The minimum atomic E-state index is -4.12. The fourth-order valence-electron chi connectivity index (χ4n) is 1.07. The van der Waals surface area contributed by atoms with Crippen LogP contribution < -0.4 is 10.7 Å². The van der Waals surface area contributed by atoms with Crippen molar-refractivity contribution in [3.05, 3.63) is 0 Å². The van der Waals surface area contributed by atoms with E-state index in [1.54, 1.807) is 0 Å². The second-order valence-corrected chi connectivity index (χ2v) is 3.93. The Morgan fingerprint density at radius 2 is 1.92 bits per heavy atom. The molecule has 0 radical (unpaired) electrons. The molecule has 1 aliphatic heterocycles. The molecule has 1 aliphatic rings. The zero-order valence-corrected chi connectivity index (χ0v) is 7.71. The Morgan fingerprint density at radius 3 is 2.38 bits per heavy atom. The summed E-state index contributed by atoms with van der Waals surface area (Å²) in [6, 6.07) is 0. The van der Waals surface area contributed by atoms with Crippen LogP contribution in [0.4, 0.5) is 4.79 Å². The van der Waals surface area contributed by atoms with Crippen LogP contribution in [0.25, 0.3) is 0 Å². The standard InChI is InChI=1S/C5H11N3O4S/c6-7-13(10,11)12-5(9)8-3-1-2-4-8/h7H,1-4,6H2. The van der Waals surface area contributed by atoms with Crippen molar-refractivity contribution in [3.8, 4) is 0 Å². The van der Waals surface area contributed by atoms with Gasteiger partial charge in [0, 0.05) is 13.1 Å². The van der Waals surface area contributed by atoms with E-state index in [1.165, 1.54) is 9.73 Å². The highest BCUT2D eigenvalue weighted by Crippen LogP contribution is 2.09. The average molecular weight is 209 g/mol. The highest BCUT2D eigenvalue weighted by atomic mass is 32.2. The van der Waals surface area contributed by atoms with E-state index in [0.29, 0.717) is 13.1 Å². The molecule has 76 valence electrons. The number of hydrazine groups is 1. The number of amides is 1. The Balaban J connectivity index is 2.49. The molecule has 0 aromatic rings. The minimum absolute atomic E-state index is 0.527. The third-order valence-corrected chi connectivity index (χ3v) is 2.34. The number of nitrogens with zero attached hydrogens (tertiary/aromatic N) is 1. The Kier molecular flexibility index (Phi) is 3.07. The fraction of sp³-hybridized carbons (Fsp3) is 0.800. The normalized spacial score (nSPS) is 17.5. The van der Waals surface area contributed by atoms with Gasteiger partial charge in [0.2, 0.25) is 0 Å². The van der Waals surface area contributed by atoms with Crippen molar-refractivity contribution in [2.45, 2.75) is 12.8 Å². The summed E-state index contributed by atoms with van der Waals surface area (Å²) in [7, 11) is -4.12. The molecule has 0 aliphatic carbocycles. The van der Waals surface area contributed by atoms with Crippen LogP contribution in [0, 0.1) is 0 Å². The van der Waals surface area contributed by atoms with E-state index in [-0.39, 0.29) is 0 Å².